The Labute approximate surface area is 382 Å². The zero-order valence-corrected chi connectivity index (χ0v) is 41.1. The fourth-order valence-corrected chi connectivity index (χ4v) is 7.45. The average molecular weight is 873 g/mol. The van der Waals surface area contributed by atoms with E-state index in [1.807, 2.05) is 21.1 Å². The molecule has 0 aliphatic heterocycles. The third kappa shape index (κ3) is 42.6. The van der Waals surface area contributed by atoms with Crippen LogP contribution in [0.3, 0.4) is 0 Å². The number of rotatable bonds is 46. The number of carboxylic acids is 1. The van der Waals surface area contributed by atoms with Crippen molar-refractivity contribution in [3.63, 3.8) is 0 Å². The van der Waals surface area contributed by atoms with Gasteiger partial charge in [0.2, 0.25) is 0 Å². The molecule has 0 aliphatic rings. The van der Waals surface area contributed by atoms with Gasteiger partial charge in [0.25, 0.3) is 0 Å². The quantitative estimate of drug-likeness (QED) is 0.0281. The highest BCUT2D eigenvalue weighted by molar-refractivity contribution is 5.72. The molecular formula is C54H98NO7+. The van der Waals surface area contributed by atoms with Crippen LogP contribution in [-0.2, 0) is 28.6 Å². The van der Waals surface area contributed by atoms with E-state index in [2.05, 4.69) is 62.5 Å². The molecule has 1 N–H and O–H groups in total. The fraction of sp³-hybridized carbons (Fsp3) is 0.796. The Morgan fingerprint density at radius 3 is 1.24 bits per heavy atom. The van der Waals surface area contributed by atoms with Crippen LogP contribution in [0.1, 0.15) is 226 Å². The normalized spacial score (nSPS) is 13.2. The van der Waals surface area contributed by atoms with E-state index in [0.29, 0.717) is 19.3 Å². The zero-order chi connectivity index (χ0) is 45.6. The van der Waals surface area contributed by atoms with Gasteiger partial charge in [-0.2, -0.15) is 0 Å². The van der Waals surface area contributed by atoms with Crippen LogP contribution in [0.15, 0.2) is 48.6 Å². The minimum Gasteiger partial charge on any atom is -0.477 e. The molecule has 0 bridgehead atoms. The van der Waals surface area contributed by atoms with Crippen molar-refractivity contribution in [1.29, 1.82) is 0 Å². The highest BCUT2D eigenvalue weighted by Gasteiger charge is 2.31. The molecule has 0 aromatic carbocycles. The van der Waals surface area contributed by atoms with Crippen molar-refractivity contribution in [3.05, 3.63) is 48.6 Å². The number of carboxylic acid groups (broad SMARTS) is 1. The highest BCUT2D eigenvalue weighted by Crippen LogP contribution is 2.15. The van der Waals surface area contributed by atoms with Gasteiger partial charge in [0.15, 0.2) is 12.1 Å². The van der Waals surface area contributed by atoms with Crippen LogP contribution in [0.4, 0.5) is 0 Å². The number of carbonyl (C=O) groups excluding carboxylic acids is 2. The lowest BCUT2D eigenvalue weighted by molar-refractivity contribution is -0.887. The molecule has 360 valence electrons. The second-order valence-corrected chi connectivity index (χ2v) is 18.4. The van der Waals surface area contributed by atoms with Crippen molar-refractivity contribution in [1.82, 2.24) is 0 Å². The molecule has 0 radical (unpaired) electrons. The summed E-state index contributed by atoms with van der Waals surface area (Å²) in [4.78, 5) is 37.2. The van der Waals surface area contributed by atoms with Crippen LogP contribution < -0.4 is 0 Å². The Kier molecular flexibility index (Phi) is 42.9. The van der Waals surface area contributed by atoms with Gasteiger partial charge in [-0.3, -0.25) is 9.59 Å². The van der Waals surface area contributed by atoms with Crippen molar-refractivity contribution in [2.24, 2.45) is 0 Å². The summed E-state index contributed by atoms with van der Waals surface area (Å²) in [6.07, 6.45) is 54.3. The summed E-state index contributed by atoms with van der Waals surface area (Å²) < 4.78 is 17.4. The van der Waals surface area contributed by atoms with Crippen LogP contribution in [0.5, 0.6) is 0 Å². The van der Waals surface area contributed by atoms with Crippen LogP contribution in [0.25, 0.3) is 0 Å². The molecule has 8 nitrogen and oxygen atoms in total. The number of hydrogen-bond donors (Lipinski definition) is 1. The molecule has 2 atom stereocenters. The van der Waals surface area contributed by atoms with Crippen molar-refractivity contribution in [2.75, 3.05) is 41.0 Å². The summed E-state index contributed by atoms with van der Waals surface area (Å²) >= 11 is 0. The van der Waals surface area contributed by atoms with Gasteiger partial charge in [-0.1, -0.05) is 178 Å². The minimum atomic E-state index is -0.875. The van der Waals surface area contributed by atoms with Crippen molar-refractivity contribution in [3.8, 4) is 0 Å². The average Bonchev–Trinajstić information content (AvgIpc) is 3.23. The SMILES string of the molecule is CCCCC/C=C\C/C=C\CCCCCCCCCCCC(=O)OCC(COCCC(C(=O)O)[N+](C)(C)C)OC(=O)CCCCCCCCCCC/C=C\C/C=C\CCCCC. The summed E-state index contributed by atoms with van der Waals surface area (Å²) in [5.74, 6) is -1.47. The first kappa shape index (κ1) is 59.3. The predicted molar refractivity (Wildman–Crippen MR) is 261 cm³/mol. The summed E-state index contributed by atoms with van der Waals surface area (Å²) in [5.41, 5.74) is 0. The fourth-order valence-electron chi connectivity index (χ4n) is 7.45. The van der Waals surface area contributed by atoms with Crippen molar-refractivity contribution >= 4 is 17.9 Å². The molecule has 0 heterocycles. The number of allylic oxidation sites excluding steroid dienone is 8. The second kappa shape index (κ2) is 44.9. The molecule has 0 spiro atoms. The Balaban J connectivity index is 4.26. The number of quaternary nitrogens is 1. The van der Waals surface area contributed by atoms with E-state index >= 15 is 0 Å². The lowest BCUT2D eigenvalue weighted by Crippen LogP contribution is -2.50. The number of unbranched alkanes of at least 4 members (excludes halogenated alkanes) is 24. The molecule has 8 heteroatoms. The maximum Gasteiger partial charge on any atom is 0.362 e. The van der Waals surface area contributed by atoms with E-state index in [-0.39, 0.29) is 36.2 Å². The molecular weight excluding hydrogens is 775 g/mol. The minimum absolute atomic E-state index is 0.0545. The summed E-state index contributed by atoms with van der Waals surface area (Å²) in [7, 11) is 5.53. The Bertz CT molecular complexity index is 1150. The first-order valence-corrected chi connectivity index (χ1v) is 25.7. The Hall–Kier alpha value is -2.71. The number of aliphatic carboxylic acids is 1. The van der Waals surface area contributed by atoms with E-state index in [1.54, 1.807) is 0 Å². The monoisotopic (exact) mass is 873 g/mol. The summed E-state index contributed by atoms with van der Waals surface area (Å²) in [6.45, 7) is 4.70. The second-order valence-electron chi connectivity index (χ2n) is 18.4. The molecule has 0 saturated heterocycles. The standard InChI is InChI=1S/C54H97NO7/c1-6-8-10-12-14-16-18-20-22-24-26-28-30-32-34-36-38-40-42-44-52(56)61-49-50(48-60-47-46-51(54(58)59)55(3,4)5)62-53(57)45-43-41-39-37-35-33-31-29-27-25-23-21-19-17-15-13-11-9-7-2/h14-17,20-23,50-51H,6-13,18-19,24-49H2,1-5H3/p+1/b16-14-,17-15-,22-20-,23-21-. The predicted octanol–water partition coefficient (Wildman–Crippen LogP) is 14.8. The van der Waals surface area contributed by atoms with E-state index in [1.165, 1.54) is 141 Å². The summed E-state index contributed by atoms with van der Waals surface area (Å²) in [6, 6.07) is -0.617. The van der Waals surface area contributed by atoms with Crippen LogP contribution in [0.2, 0.25) is 0 Å². The molecule has 0 aromatic heterocycles. The van der Waals surface area contributed by atoms with Crippen LogP contribution >= 0.6 is 0 Å². The molecule has 0 rings (SSSR count). The van der Waals surface area contributed by atoms with Crippen LogP contribution in [-0.4, -0.2) is 80.6 Å². The van der Waals surface area contributed by atoms with Gasteiger partial charge in [0.05, 0.1) is 34.4 Å². The molecule has 0 saturated carbocycles. The summed E-state index contributed by atoms with van der Waals surface area (Å²) in [5, 5.41) is 9.65. The maximum absolute atomic E-state index is 12.8. The smallest absolute Gasteiger partial charge is 0.362 e. The number of likely N-dealkylation sites (N-methyl/N-ethyl adjacent to an activating group) is 1. The molecule has 0 fully saturated rings. The number of esters is 2. The van der Waals surface area contributed by atoms with Gasteiger partial charge in [0.1, 0.15) is 6.61 Å². The van der Waals surface area contributed by atoms with E-state index in [0.717, 1.165) is 51.4 Å². The lowest BCUT2D eigenvalue weighted by Gasteiger charge is -2.31. The van der Waals surface area contributed by atoms with Gasteiger partial charge in [-0.05, 0) is 77.0 Å². The third-order valence-electron chi connectivity index (χ3n) is 11.5. The molecule has 0 amide bonds. The number of nitrogens with zero attached hydrogens (tertiary/aromatic N) is 1. The topological polar surface area (TPSA) is 99.1 Å². The van der Waals surface area contributed by atoms with Crippen LogP contribution in [0, 0.1) is 0 Å². The number of hydrogen-bond acceptors (Lipinski definition) is 6. The zero-order valence-electron chi connectivity index (χ0n) is 41.1. The largest absolute Gasteiger partial charge is 0.477 e. The number of ether oxygens (including phenoxy) is 3. The molecule has 0 aromatic rings. The first-order valence-electron chi connectivity index (χ1n) is 25.7. The van der Waals surface area contributed by atoms with E-state index in [9.17, 15) is 19.5 Å². The van der Waals surface area contributed by atoms with Crippen molar-refractivity contribution < 1.29 is 38.2 Å². The van der Waals surface area contributed by atoms with E-state index in [4.69, 9.17) is 14.2 Å². The maximum atomic E-state index is 12.8. The molecule has 2 unspecified atom stereocenters. The van der Waals surface area contributed by atoms with Gasteiger partial charge < -0.3 is 23.8 Å². The Morgan fingerprint density at radius 2 is 0.855 bits per heavy atom. The lowest BCUT2D eigenvalue weighted by atomic mass is 10.1. The van der Waals surface area contributed by atoms with E-state index < -0.39 is 18.1 Å². The Morgan fingerprint density at radius 1 is 0.484 bits per heavy atom. The molecule has 62 heavy (non-hydrogen) atoms. The molecule has 0 aliphatic carbocycles. The van der Waals surface area contributed by atoms with Gasteiger partial charge in [-0.15, -0.1) is 0 Å². The third-order valence-corrected chi connectivity index (χ3v) is 11.5. The number of carbonyl (C=O) groups is 3. The van der Waals surface area contributed by atoms with Gasteiger partial charge in [0, 0.05) is 19.3 Å². The highest BCUT2D eigenvalue weighted by atomic mass is 16.6. The first-order chi connectivity index (χ1) is 30.1. The van der Waals surface area contributed by atoms with Gasteiger partial charge >= 0.3 is 17.9 Å². The van der Waals surface area contributed by atoms with Crippen molar-refractivity contribution in [2.45, 2.75) is 238 Å². The van der Waals surface area contributed by atoms with Gasteiger partial charge in [-0.25, -0.2) is 4.79 Å².